The summed E-state index contributed by atoms with van der Waals surface area (Å²) in [6.45, 7) is 0. The van der Waals surface area contributed by atoms with Gasteiger partial charge in [-0.15, -0.1) is 0 Å². The first-order chi connectivity index (χ1) is 11.2. The standard InChI is InChI=1S/C17H13N5O/c1-22-9-16(21-17(22)23)15-7-12(4-5-19-15)11-2-3-14-13(6-11)8-18-10-20-14/h2-10H,1H3,(H,21,23). The first-order valence-electron chi connectivity index (χ1n) is 7.13. The van der Waals surface area contributed by atoms with Crippen molar-refractivity contribution in [1.82, 2.24) is 24.5 Å². The van der Waals surface area contributed by atoms with Crippen molar-refractivity contribution in [2.45, 2.75) is 0 Å². The number of nitrogens with zero attached hydrogens (tertiary/aromatic N) is 4. The van der Waals surface area contributed by atoms with E-state index in [1.807, 2.05) is 30.3 Å². The number of benzene rings is 1. The smallest absolute Gasteiger partial charge is 0.304 e. The van der Waals surface area contributed by atoms with Gasteiger partial charge in [-0.3, -0.25) is 4.98 Å². The van der Waals surface area contributed by atoms with E-state index in [1.165, 1.54) is 10.9 Å². The molecule has 0 aliphatic heterocycles. The lowest BCUT2D eigenvalue weighted by Gasteiger charge is -2.05. The van der Waals surface area contributed by atoms with Crippen LogP contribution >= 0.6 is 0 Å². The van der Waals surface area contributed by atoms with E-state index < -0.39 is 0 Å². The molecule has 6 heteroatoms. The molecule has 0 spiro atoms. The van der Waals surface area contributed by atoms with Gasteiger partial charge in [-0.05, 0) is 35.4 Å². The van der Waals surface area contributed by atoms with Crippen LogP contribution in [0, 0.1) is 0 Å². The Morgan fingerprint density at radius 2 is 1.96 bits per heavy atom. The van der Waals surface area contributed by atoms with Gasteiger partial charge in [-0.2, -0.15) is 0 Å². The molecule has 0 bridgehead atoms. The molecule has 3 heterocycles. The fraction of sp³-hybridized carbons (Fsp3) is 0.0588. The third-order valence-electron chi connectivity index (χ3n) is 3.76. The van der Waals surface area contributed by atoms with Crippen LogP contribution in [0.4, 0.5) is 0 Å². The summed E-state index contributed by atoms with van der Waals surface area (Å²) in [4.78, 5) is 27.0. The molecule has 0 atom stereocenters. The second-order valence-electron chi connectivity index (χ2n) is 5.31. The van der Waals surface area contributed by atoms with Crippen molar-refractivity contribution in [2.24, 2.45) is 7.05 Å². The fourth-order valence-electron chi connectivity index (χ4n) is 2.54. The Balaban J connectivity index is 1.82. The number of pyridine rings is 1. The first-order valence-corrected chi connectivity index (χ1v) is 7.13. The van der Waals surface area contributed by atoms with Crippen LogP contribution in [0.15, 0.2) is 60.0 Å². The van der Waals surface area contributed by atoms with Gasteiger partial charge in [0.2, 0.25) is 0 Å². The molecular weight excluding hydrogens is 290 g/mol. The summed E-state index contributed by atoms with van der Waals surface area (Å²) in [6.07, 6.45) is 6.81. The minimum Gasteiger partial charge on any atom is -0.304 e. The van der Waals surface area contributed by atoms with Gasteiger partial charge in [0.15, 0.2) is 0 Å². The van der Waals surface area contributed by atoms with Crippen LogP contribution in [0.3, 0.4) is 0 Å². The van der Waals surface area contributed by atoms with Crippen molar-refractivity contribution in [2.75, 3.05) is 0 Å². The van der Waals surface area contributed by atoms with E-state index in [-0.39, 0.29) is 5.69 Å². The highest BCUT2D eigenvalue weighted by atomic mass is 16.1. The third kappa shape index (κ3) is 2.40. The van der Waals surface area contributed by atoms with Crippen LogP contribution in [0.25, 0.3) is 33.4 Å². The summed E-state index contributed by atoms with van der Waals surface area (Å²) in [7, 11) is 1.70. The monoisotopic (exact) mass is 303 g/mol. The third-order valence-corrected chi connectivity index (χ3v) is 3.76. The van der Waals surface area contributed by atoms with Gasteiger partial charge in [-0.1, -0.05) is 6.07 Å². The molecule has 1 N–H and O–H groups in total. The van der Waals surface area contributed by atoms with Gasteiger partial charge in [0.05, 0.1) is 16.9 Å². The zero-order chi connectivity index (χ0) is 15.8. The lowest BCUT2D eigenvalue weighted by atomic mass is 10.0. The van der Waals surface area contributed by atoms with Crippen molar-refractivity contribution in [3.63, 3.8) is 0 Å². The minimum atomic E-state index is -0.157. The quantitative estimate of drug-likeness (QED) is 0.617. The molecule has 0 aliphatic rings. The Morgan fingerprint density at radius 3 is 2.78 bits per heavy atom. The molecule has 1 aromatic carbocycles. The molecule has 6 nitrogen and oxygen atoms in total. The zero-order valence-electron chi connectivity index (χ0n) is 12.4. The highest BCUT2D eigenvalue weighted by Crippen LogP contribution is 2.25. The molecule has 0 amide bonds. The number of aromatic amines is 1. The van der Waals surface area contributed by atoms with Crippen LogP contribution in [0.1, 0.15) is 0 Å². The van der Waals surface area contributed by atoms with E-state index in [9.17, 15) is 4.79 Å². The van der Waals surface area contributed by atoms with Gasteiger partial charge in [-0.25, -0.2) is 14.8 Å². The van der Waals surface area contributed by atoms with Gasteiger partial charge < -0.3 is 9.55 Å². The maximum absolute atomic E-state index is 11.6. The number of hydrogen-bond acceptors (Lipinski definition) is 4. The summed E-state index contributed by atoms with van der Waals surface area (Å²) >= 11 is 0. The summed E-state index contributed by atoms with van der Waals surface area (Å²) < 4.78 is 1.50. The number of imidazole rings is 1. The molecule has 3 aromatic heterocycles. The highest BCUT2D eigenvalue weighted by molar-refractivity contribution is 5.84. The van der Waals surface area contributed by atoms with Crippen molar-refractivity contribution >= 4 is 10.9 Å². The maximum atomic E-state index is 11.6. The van der Waals surface area contributed by atoms with Crippen LogP contribution < -0.4 is 5.69 Å². The number of aryl methyl sites for hydroxylation is 1. The zero-order valence-corrected chi connectivity index (χ0v) is 12.4. The summed E-state index contributed by atoms with van der Waals surface area (Å²) in [5, 5.41) is 0.983. The van der Waals surface area contributed by atoms with Crippen molar-refractivity contribution in [1.29, 1.82) is 0 Å². The number of hydrogen-bond donors (Lipinski definition) is 1. The number of rotatable bonds is 2. The predicted octanol–water partition coefficient (Wildman–Crippen LogP) is 2.39. The van der Waals surface area contributed by atoms with Crippen LogP contribution in [-0.2, 0) is 7.05 Å². The lowest BCUT2D eigenvalue weighted by Crippen LogP contribution is -2.11. The van der Waals surface area contributed by atoms with Crippen molar-refractivity contribution in [3.8, 4) is 22.5 Å². The molecular formula is C17H13N5O. The van der Waals surface area contributed by atoms with Crippen LogP contribution in [0.5, 0.6) is 0 Å². The molecule has 0 aliphatic carbocycles. The van der Waals surface area contributed by atoms with E-state index in [4.69, 9.17) is 0 Å². The second kappa shape index (κ2) is 5.17. The largest absolute Gasteiger partial charge is 0.325 e. The number of nitrogens with one attached hydrogen (secondary N) is 1. The first kappa shape index (κ1) is 13.4. The van der Waals surface area contributed by atoms with E-state index in [2.05, 4.69) is 19.9 Å². The fourth-order valence-corrected chi connectivity index (χ4v) is 2.54. The highest BCUT2D eigenvalue weighted by Gasteiger charge is 2.07. The summed E-state index contributed by atoms with van der Waals surface area (Å²) in [5.41, 5.74) is 4.24. The SMILES string of the molecule is Cn1cc(-c2cc(-c3ccc4ncncc4c3)ccn2)[nH]c1=O. The second-order valence-corrected chi connectivity index (χ2v) is 5.31. The maximum Gasteiger partial charge on any atom is 0.325 e. The van der Waals surface area contributed by atoms with Gasteiger partial charge in [0.25, 0.3) is 0 Å². The van der Waals surface area contributed by atoms with E-state index in [0.29, 0.717) is 5.69 Å². The molecule has 0 radical (unpaired) electrons. The summed E-state index contributed by atoms with van der Waals surface area (Å²) in [5.74, 6) is 0. The van der Waals surface area contributed by atoms with E-state index >= 15 is 0 Å². The molecule has 23 heavy (non-hydrogen) atoms. The molecule has 4 aromatic rings. The number of H-pyrrole nitrogens is 1. The molecule has 0 unspecified atom stereocenters. The molecule has 112 valence electrons. The van der Waals surface area contributed by atoms with Crippen LogP contribution in [0.2, 0.25) is 0 Å². The van der Waals surface area contributed by atoms with Gasteiger partial charge in [0, 0.05) is 31.0 Å². The molecule has 0 saturated carbocycles. The molecule has 4 rings (SSSR count). The number of aromatic nitrogens is 5. The van der Waals surface area contributed by atoms with Gasteiger partial charge in [0.1, 0.15) is 6.33 Å². The Kier molecular flexibility index (Phi) is 3.01. The number of fused-ring (bicyclic) bond motifs is 1. The van der Waals surface area contributed by atoms with Crippen molar-refractivity contribution in [3.05, 3.63) is 65.7 Å². The molecule has 0 fully saturated rings. The Morgan fingerprint density at radius 1 is 1.09 bits per heavy atom. The predicted molar refractivity (Wildman–Crippen MR) is 87.8 cm³/mol. The lowest BCUT2D eigenvalue weighted by molar-refractivity contribution is 0.862. The van der Waals surface area contributed by atoms with Crippen molar-refractivity contribution < 1.29 is 0 Å². The average Bonchev–Trinajstić information content (AvgIpc) is 2.94. The van der Waals surface area contributed by atoms with E-state index in [0.717, 1.165) is 27.7 Å². The average molecular weight is 303 g/mol. The topological polar surface area (TPSA) is 76.5 Å². The summed E-state index contributed by atoms with van der Waals surface area (Å²) in [6, 6.07) is 9.92. The Bertz CT molecular complexity index is 1060. The minimum absolute atomic E-state index is 0.157. The molecule has 0 saturated heterocycles. The van der Waals surface area contributed by atoms with E-state index in [1.54, 1.807) is 25.6 Å². The Labute approximate surface area is 131 Å². The van der Waals surface area contributed by atoms with Crippen LogP contribution in [-0.4, -0.2) is 24.5 Å². The Hall–Kier alpha value is -3.28. The van der Waals surface area contributed by atoms with Gasteiger partial charge >= 0.3 is 5.69 Å². The normalized spacial score (nSPS) is 11.0.